The first-order valence-corrected chi connectivity index (χ1v) is 8.35. The average molecular weight is 303 g/mol. The van der Waals surface area contributed by atoms with E-state index in [9.17, 15) is 8.42 Å². The van der Waals surface area contributed by atoms with Crippen LogP contribution in [0, 0.1) is 0 Å². The van der Waals surface area contributed by atoms with E-state index in [4.69, 9.17) is 17.3 Å². The quantitative estimate of drug-likeness (QED) is 0.822. The van der Waals surface area contributed by atoms with Crippen LogP contribution in [0.2, 0.25) is 5.02 Å². The molecule has 0 spiro atoms. The molecule has 0 atom stereocenters. The van der Waals surface area contributed by atoms with Gasteiger partial charge in [-0.3, -0.25) is 0 Å². The third kappa shape index (κ3) is 3.22. The summed E-state index contributed by atoms with van der Waals surface area (Å²) in [6.07, 6.45) is 3.75. The Morgan fingerprint density at radius 2 is 2.11 bits per heavy atom. The summed E-state index contributed by atoms with van der Waals surface area (Å²) in [5.74, 6) is 0. The minimum atomic E-state index is -3.46. The van der Waals surface area contributed by atoms with E-state index in [0.717, 1.165) is 25.7 Å². The number of benzene rings is 1. The number of hydrogen-bond donors (Lipinski definition) is 1. The summed E-state index contributed by atoms with van der Waals surface area (Å²) in [4.78, 5) is 0.231. The van der Waals surface area contributed by atoms with Crippen molar-refractivity contribution in [2.24, 2.45) is 0 Å². The minimum absolute atomic E-state index is 0.160. The van der Waals surface area contributed by atoms with E-state index >= 15 is 0 Å². The average Bonchev–Trinajstić information content (AvgIpc) is 3.17. The molecule has 1 fully saturated rings. The summed E-state index contributed by atoms with van der Waals surface area (Å²) < 4.78 is 26.8. The van der Waals surface area contributed by atoms with Gasteiger partial charge >= 0.3 is 0 Å². The van der Waals surface area contributed by atoms with Crippen molar-refractivity contribution in [2.45, 2.75) is 43.5 Å². The maximum Gasteiger partial charge on any atom is 0.243 e. The van der Waals surface area contributed by atoms with E-state index in [-0.39, 0.29) is 16.0 Å². The Kier molecular flexibility index (Phi) is 4.38. The molecule has 0 amide bonds. The Morgan fingerprint density at radius 3 is 2.63 bits per heavy atom. The Hall–Kier alpha value is -0.780. The summed E-state index contributed by atoms with van der Waals surface area (Å²) in [5.41, 5.74) is 6.02. The van der Waals surface area contributed by atoms with Crippen molar-refractivity contribution in [1.82, 2.24) is 4.31 Å². The lowest BCUT2D eigenvalue weighted by molar-refractivity contribution is 0.396. The third-order valence-corrected chi connectivity index (χ3v) is 5.54. The van der Waals surface area contributed by atoms with Gasteiger partial charge in [-0.05, 0) is 37.5 Å². The largest absolute Gasteiger partial charge is 0.398 e. The molecular weight excluding hydrogens is 284 g/mol. The lowest BCUT2D eigenvalue weighted by Crippen LogP contribution is -2.34. The molecule has 2 rings (SSSR count). The number of unbranched alkanes of at least 4 members (excludes halogenated alkanes) is 1. The van der Waals surface area contributed by atoms with Crippen LogP contribution in [0.1, 0.15) is 32.6 Å². The summed E-state index contributed by atoms with van der Waals surface area (Å²) >= 11 is 5.92. The second kappa shape index (κ2) is 5.69. The molecule has 0 bridgehead atoms. The highest BCUT2D eigenvalue weighted by Crippen LogP contribution is 2.33. The normalized spacial score (nSPS) is 15.9. The Labute approximate surface area is 119 Å². The molecule has 0 saturated heterocycles. The van der Waals surface area contributed by atoms with Gasteiger partial charge in [-0.15, -0.1) is 0 Å². The maximum absolute atomic E-state index is 12.6. The zero-order chi connectivity index (χ0) is 14.0. The molecule has 1 aromatic rings. The number of halogens is 1. The van der Waals surface area contributed by atoms with Crippen LogP contribution in [0.25, 0.3) is 0 Å². The molecule has 0 aliphatic heterocycles. The van der Waals surface area contributed by atoms with Gasteiger partial charge in [0.05, 0.1) is 15.6 Å². The summed E-state index contributed by atoms with van der Waals surface area (Å²) in [5, 5.41) is 0.285. The Balaban J connectivity index is 2.30. The summed E-state index contributed by atoms with van der Waals surface area (Å²) in [6.45, 7) is 2.63. The lowest BCUT2D eigenvalue weighted by atomic mass is 10.3. The Bertz CT molecular complexity index is 556. The molecule has 106 valence electrons. The smallest absolute Gasteiger partial charge is 0.243 e. The van der Waals surface area contributed by atoms with Crippen molar-refractivity contribution in [3.63, 3.8) is 0 Å². The highest BCUT2D eigenvalue weighted by Gasteiger charge is 2.37. The fourth-order valence-corrected chi connectivity index (χ4v) is 3.97. The fourth-order valence-electron chi connectivity index (χ4n) is 1.98. The van der Waals surface area contributed by atoms with E-state index in [1.165, 1.54) is 12.1 Å². The molecule has 0 heterocycles. The number of sulfonamides is 1. The molecule has 1 saturated carbocycles. The van der Waals surface area contributed by atoms with Crippen LogP contribution < -0.4 is 5.73 Å². The van der Waals surface area contributed by atoms with Gasteiger partial charge in [-0.2, -0.15) is 4.31 Å². The van der Waals surface area contributed by atoms with Gasteiger partial charge in [-0.25, -0.2) is 8.42 Å². The van der Waals surface area contributed by atoms with Gasteiger partial charge in [0.15, 0.2) is 0 Å². The van der Waals surface area contributed by atoms with E-state index < -0.39 is 10.0 Å². The molecule has 0 unspecified atom stereocenters. The second-order valence-corrected chi connectivity index (χ2v) is 7.18. The predicted molar refractivity (Wildman–Crippen MR) is 77.7 cm³/mol. The number of nitrogens with two attached hydrogens (primary N) is 1. The van der Waals surface area contributed by atoms with Gasteiger partial charge < -0.3 is 5.73 Å². The van der Waals surface area contributed by atoms with E-state index in [1.54, 1.807) is 10.4 Å². The van der Waals surface area contributed by atoms with Gasteiger partial charge in [0.2, 0.25) is 10.0 Å². The van der Waals surface area contributed by atoms with Gasteiger partial charge in [-0.1, -0.05) is 24.9 Å². The van der Waals surface area contributed by atoms with Crippen LogP contribution in [0.5, 0.6) is 0 Å². The number of rotatable bonds is 6. The van der Waals surface area contributed by atoms with Gasteiger partial charge in [0.25, 0.3) is 0 Å². The minimum Gasteiger partial charge on any atom is -0.398 e. The molecule has 4 nitrogen and oxygen atoms in total. The number of nitrogens with zero attached hydrogens (tertiary/aromatic N) is 1. The Morgan fingerprint density at radius 1 is 1.42 bits per heavy atom. The van der Waals surface area contributed by atoms with Crippen molar-refractivity contribution in [1.29, 1.82) is 0 Å². The second-order valence-electron chi connectivity index (χ2n) is 4.88. The lowest BCUT2D eigenvalue weighted by Gasteiger charge is -2.22. The first-order chi connectivity index (χ1) is 8.96. The monoisotopic (exact) mass is 302 g/mol. The van der Waals surface area contributed by atoms with Crippen molar-refractivity contribution < 1.29 is 8.42 Å². The topological polar surface area (TPSA) is 63.4 Å². The van der Waals surface area contributed by atoms with Crippen LogP contribution in [0.15, 0.2) is 23.1 Å². The zero-order valence-corrected chi connectivity index (χ0v) is 12.5. The first kappa shape index (κ1) is 14.6. The molecule has 0 aromatic heterocycles. The van der Waals surface area contributed by atoms with Crippen LogP contribution in [0.3, 0.4) is 0 Å². The first-order valence-electron chi connectivity index (χ1n) is 6.53. The SMILES string of the molecule is CCCCN(C1CC1)S(=O)(=O)c1ccc(N)c(Cl)c1. The van der Waals surface area contributed by atoms with Gasteiger partial charge in [0, 0.05) is 12.6 Å². The third-order valence-electron chi connectivity index (χ3n) is 3.26. The van der Waals surface area contributed by atoms with Crippen molar-refractivity contribution in [2.75, 3.05) is 12.3 Å². The molecule has 19 heavy (non-hydrogen) atoms. The molecular formula is C13H19ClN2O2S. The van der Waals surface area contributed by atoms with Crippen molar-refractivity contribution in [3.05, 3.63) is 23.2 Å². The molecule has 1 aliphatic rings. The van der Waals surface area contributed by atoms with Crippen molar-refractivity contribution in [3.8, 4) is 0 Å². The molecule has 0 radical (unpaired) electrons. The summed E-state index contributed by atoms with van der Waals surface area (Å²) in [6, 6.07) is 4.67. The maximum atomic E-state index is 12.6. The highest BCUT2D eigenvalue weighted by molar-refractivity contribution is 7.89. The molecule has 1 aliphatic carbocycles. The standard InChI is InChI=1S/C13H19ClN2O2S/c1-2-3-8-16(10-4-5-10)19(17,18)11-6-7-13(15)12(14)9-11/h6-7,9-10H,2-5,8,15H2,1H3. The van der Waals surface area contributed by atoms with E-state index in [2.05, 4.69) is 6.92 Å². The van der Waals surface area contributed by atoms with Gasteiger partial charge in [0.1, 0.15) is 0 Å². The fraction of sp³-hybridized carbons (Fsp3) is 0.538. The van der Waals surface area contributed by atoms with E-state index in [0.29, 0.717) is 12.2 Å². The van der Waals surface area contributed by atoms with Crippen LogP contribution in [0.4, 0.5) is 5.69 Å². The van der Waals surface area contributed by atoms with E-state index in [1.807, 2.05) is 0 Å². The van der Waals surface area contributed by atoms with Crippen molar-refractivity contribution >= 4 is 27.3 Å². The summed E-state index contributed by atoms with van der Waals surface area (Å²) in [7, 11) is -3.46. The van der Waals surface area contributed by atoms with Crippen LogP contribution in [-0.2, 0) is 10.0 Å². The molecule has 2 N–H and O–H groups in total. The zero-order valence-electron chi connectivity index (χ0n) is 11.0. The highest BCUT2D eigenvalue weighted by atomic mass is 35.5. The molecule has 1 aromatic carbocycles. The molecule has 6 heteroatoms. The number of anilines is 1. The van der Waals surface area contributed by atoms with Crippen LogP contribution in [-0.4, -0.2) is 25.3 Å². The van der Waals surface area contributed by atoms with Crippen LogP contribution >= 0.6 is 11.6 Å². The number of hydrogen-bond acceptors (Lipinski definition) is 3. The predicted octanol–water partition coefficient (Wildman–Crippen LogP) is 2.88. The number of nitrogen functional groups attached to an aromatic ring is 1.